The first-order chi connectivity index (χ1) is 17.8. The molecular formula is C30H39N5OS. The summed E-state index contributed by atoms with van der Waals surface area (Å²) in [7, 11) is 0. The minimum absolute atomic E-state index is 0.0961. The molecule has 1 atom stereocenters. The third kappa shape index (κ3) is 7.63. The van der Waals surface area contributed by atoms with Gasteiger partial charge >= 0.3 is 0 Å². The lowest BCUT2D eigenvalue weighted by Gasteiger charge is -2.27. The maximum Gasteiger partial charge on any atom is 0.186 e. The van der Waals surface area contributed by atoms with Gasteiger partial charge in [0.2, 0.25) is 0 Å². The summed E-state index contributed by atoms with van der Waals surface area (Å²) in [5.41, 5.74) is 10.6. The second-order valence-corrected chi connectivity index (χ2v) is 12.1. The van der Waals surface area contributed by atoms with Crippen LogP contribution >= 0.6 is 11.8 Å². The fourth-order valence-electron chi connectivity index (χ4n) is 4.17. The topological polar surface area (TPSA) is 92.9 Å². The van der Waals surface area contributed by atoms with Crippen LogP contribution in [0.25, 0.3) is 11.3 Å². The Balaban J connectivity index is 1.52. The predicted molar refractivity (Wildman–Crippen MR) is 154 cm³/mol. The van der Waals surface area contributed by atoms with Crippen LogP contribution in [0.2, 0.25) is 0 Å². The fourth-order valence-corrected chi connectivity index (χ4v) is 5.01. The Labute approximate surface area is 225 Å². The van der Waals surface area contributed by atoms with Gasteiger partial charge in [-0.3, -0.25) is 4.79 Å². The summed E-state index contributed by atoms with van der Waals surface area (Å²) < 4.78 is 0. The van der Waals surface area contributed by atoms with Gasteiger partial charge < -0.3 is 16.4 Å². The molecule has 3 aromatic rings. The molecule has 0 aliphatic heterocycles. The lowest BCUT2D eigenvalue weighted by Crippen LogP contribution is -2.29. The predicted octanol–water partition coefficient (Wildman–Crippen LogP) is 6.38. The van der Waals surface area contributed by atoms with Gasteiger partial charge in [0.05, 0.1) is 11.9 Å². The number of ketones is 1. The van der Waals surface area contributed by atoms with E-state index in [-0.39, 0.29) is 12.2 Å². The first-order valence-corrected chi connectivity index (χ1v) is 14.2. The smallest absolute Gasteiger partial charge is 0.186 e. The minimum Gasteiger partial charge on any atom is -0.365 e. The molecule has 1 unspecified atom stereocenters. The highest BCUT2D eigenvalue weighted by molar-refractivity contribution is 7.99. The number of hydrogen-bond acceptors (Lipinski definition) is 7. The summed E-state index contributed by atoms with van der Waals surface area (Å²) in [6, 6.07) is 16.8. The van der Waals surface area contributed by atoms with E-state index in [0.717, 1.165) is 30.5 Å². The van der Waals surface area contributed by atoms with Gasteiger partial charge in [0.15, 0.2) is 11.6 Å². The summed E-state index contributed by atoms with van der Waals surface area (Å²) in [6.07, 6.45) is 5.30. The van der Waals surface area contributed by atoms with Gasteiger partial charge in [0.25, 0.3) is 0 Å². The van der Waals surface area contributed by atoms with Crippen molar-refractivity contribution in [2.24, 2.45) is 5.73 Å². The Morgan fingerprint density at radius 3 is 2.35 bits per heavy atom. The van der Waals surface area contributed by atoms with Crippen LogP contribution in [-0.2, 0) is 6.54 Å². The maximum absolute atomic E-state index is 13.5. The van der Waals surface area contributed by atoms with Gasteiger partial charge in [0, 0.05) is 46.8 Å². The van der Waals surface area contributed by atoms with Gasteiger partial charge in [-0.25, -0.2) is 9.97 Å². The Morgan fingerprint density at radius 2 is 1.76 bits per heavy atom. The molecule has 37 heavy (non-hydrogen) atoms. The zero-order valence-corrected chi connectivity index (χ0v) is 23.1. The maximum atomic E-state index is 13.5. The molecule has 196 valence electrons. The van der Waals surface area contributed by atoms with Crippen molar-refractivity contribution in [3.05, 3.63) is 71.5 Å². The molecule has 1 aliphatic rings. The van der Waals surface area contributed by atoms with E-state index in [2.05, 4.69) is 67.6 Å². The Morgan fingerprint density at radius 1 is 1.05 bits per heavy atom. The second-order valence-electron chi connectivity index (χ2n) is 10.4. The Bertz CT molecular complexity index is 1170. The van der Waals surface area contributed by atoms with E-state index in [1.165, 1.54) is 16.9 Å². The van der Waals surface area contributed by atoms with Crippen molar-refractivity contribution in [2.75, 3.05) is 5.32 Å². The van der Waals surface area contributed by atoms with E-state index in [1.54, 1.807) is 6.20 Å². The number of Topliss-reactive ketones (excluding diaryl/α,β-unsaturated/α-hetero) is 1. The van der Waals surface area contributed by atoms with Gasteiger partial charge in [-0.2, -0.15) is 0 Å². The van der Waals surface area contributed by atoms with Crippen molar-refractivity contribution in [2.45, 2.75) is 88.2 Å². The molecule has 1 fully saturated rings. The molecule has 0 bridgehead atoms. The normalized spacial score (nSPS) is 14.6. The van der Waals surface area contributed by atoms with Crippen molar-refractivity contribution >= 4 is 23.4 Å². The molecule has 4 rings (SSSR count). The molecule has 2 aromatic carbocycles. The van der Waals surface area contributed by atoms with Gasteiger partial charge in [-0.1, -0.05) is 64.1 Å². The lowest BCUT2D eigenvalue weighted by molar-refractivity contribution is 0.0970. The number of anilines is 1. The summed E-state index contributed by atoms with van der Waals surface area (Å²) in [5, 5.41) is 7.37. The summed E-state index contributed by atoms with van der Waals surface area (Å²) >= 11 is 1.82. The second kappa shape index (κ2) is 12.7. The highest BCUT2D eigenvalue weighted by atomic mass is 32.2. The number of carbonyl (C=O) groups is 1. The molecule has 0 saturated heterocycles. The highest BCUT2D eigenvalue weighted by Crippen LogP contribution is 2.29. The highest BCUT2D eigenvalue weighted by Gasteiger charge is 2.24. The quantitative estimate of drug-likeness (QED) is 0.190. The zero-order chi connectivity index (χ0) is 26.4. The van der Waals surface area contributed by atoms with Crippen molar-refractivity contribution in [3.63, 3.8) is 0 Å². The lowest BCUT2D eigenvalue weighted by atomic mass is 9.93. The molecule has 1 heterocycles. The van der Waals surface area contributed by atoms with E-state index < -0.39 is 6.04 Å². The number of rotatable bonds is 12. The number of hydrogen-bond donors (Lipinski definition) is 3. The molecule has 4 N–H and O–H groups in total. The standard InChI is InChI=1S/C30H39N5OS/c1-19(2)32-17-21-8-10-22(11-9-21)26(31)16-28(36)29-30(34-24-6-5-7-24)33-18-27(35-29)23-12-14-25(15-13-23)37-20(3)4/h8-15,18-20,24,26,32H,5-7,16-17,31H2,1-4H3,(H,33,34). The first-order valence-electron chi connectivity index (χ1n) is 13.3. The van der Waals surface area contributed by atoms with Crippen LogP contribution in [0.1, 0.15) is 81.0 Å². The fraction of sp³-hybridized carbons (Fsp3) is 0.433. The average Bonchev–Trinajstić information content (AvgIpc) is 2.85. The first kappa shape index (κ1) is 27.3. The van der Waals surface area contributed by atoms with Crippen molar-refractivity contribution in [1.82, 2.24) is 15.3 Å². The van der Waals surface area contributed by atoms with Crippen LogP contribution in [0.3, 0.4) is 0 Å². The van der Waals surface area contributed by atoms with Crippen molar-refractivity contribution in [1.29, 1.82) is 0 Å². The number of thioether (sulfide) groups is 1. The molecule has 1 aliphatic carbocycles. The average molecular weight is 518 g/mol. The number of nitrogens with one attached hydrogen (secondary N) is 2. The molecule has 0 spiro atoms. The molecular weight excluding hydrogens is 478 g/mol. The molecule has 7 heteroatoms. The Kier molecular flexibility index (Phi) is 9.35. The molecule has 1 aromatic heterocycles. The number of nitrogens with two attached hydrogens (primary N) is 1. The summed E-state index contributed by atoms with van der Waals surface area (Å²) in [4.78, 5) is 24.2. The molecule has 0 radical (unpaired) electrons. The van der Waals surface area contributed by atoms with Gasteiger partial charge in [-0.15, -0.1) is 11.8 Å². The zero-order valence-electron chi connectivity index (χ0n) is 22.3. The van der Waals surface area contributed by atoms with Crippen molar-refractivity contribution in [3.8, 4) is 11.3 Å². The van der Waals surface area contributed by atoms with Crippen LogP contribution in [0, 0.1) is 0 Å². The van der Waals surface area contributed by atoms with Crippen molar-refractivity contribution < 1.29 is 4.79 Å². The van der Waals surface area contributed by atoms with E-state index in [4.69, 9.17) is 10.7 Å². The third-order valence-electron chi connectivity index (χ3n) is 6.53. The molecule has 0 amide bonds. The monoisotopic (exact) mass is 517 g/mol. The van der Waals surface area contributed by atoms with E-state index in [1.807, 2.05) is 36.0 Å². The Hall–Kier alpha value is -2.74. The van der Waals surface area contributed by atoms with Crippen LogP contribution in [0.15, 0.2) is 59.6 Å². The molecule has 6 nitrogen and oxygen atoms in total. The van der Waals surface area contributed by atoms with Gasteiger partial charge in [0.1, 0.15) is 5.69 Å². The number of carbonyl (C=O) groups excluding carboxylic acids is 1. The van der Waals surface area contributed by atoms with Crippen LogP contribution in [-0.4, -0.2) is 33.1 Å². The largest absolute Gasteiger partial charge is 0.365 e. The number of benzene rings is 2. The molecule has 1 saturated carbocycles. The number of nitrogens with zero attached hydrogens (tertiary/aromatic N) is 2. The number of aromatic nitrogens is 2. The summed E-state index contributed by atoms with van der Waals surface area (Å²) in [5.74, 6) is 0.467. The minimum atomic E-state index is -0.408. The van der Waals surface area contributed by atoms with E-state index in [0.29, 0.717) is 34.5 Å². The van der Waals surface area contributed by atoms with Crippen LogP contribution in [0.4, 0.5) is 5.82 Å². The van der Waals surface area contributed by atoms with Crippen LogP contribution < -0.4 is 16.4 Å². The third-order valence-corrected chi connectivity index (χ3v) is 7.55. The summed E-state index contributed by atoms with van der Waals surface area (Å²) in [6.45, 7) is 9.42. The van der Waals surface area contributed by atoms with E-state index in [9.17, 15) is 4.79 Å². The van der Waals surface area contributed by atoms with Crippen LogP contribution in [0.5, 0.6) is 0 Å². The van der Waals surface area contributed by atoms with Gasteiger partial charge in [-0.05, 0) is 42.5 Å². The SMILES string of the molecule is CC(C)NCc1ccc(C(N)CC(=O)c2nc(-c3ccc(SC(C)C)cc3)cnc2NC2CCC2)cc1. The van der Waals surface area contributed by atoms with E-state index >= 15 is 0 Å².